The molecule has 0 aromatic rings. The molecule has 2 heteroatoms. The molecule has 0 spiro atoms. The highest BCUT2D eigenvalue weighted by Gasteiger charge is 2.32. The van der Waals surface area contributed by atoms with Gasteiger partial charge in [-0.25, -0.2) is 0 Å². The number of aliphatic hydroxyl groups excluding tert-OH is 1. The van der Waals surface area contributed by atoms with E-state index in [0.717, 1.165) is 25.3 Å². The summed E-state index contributed by atoms with van der Waals surface area (Å²) in [5.74, 6) is 0.850. The van der Waals surface area contributed by atoms with Crippen LogP contribution in [0.3, 0.4) is 0 Å². The van der Waals surface area contributed by atoms with Gasteiger partial charge in [-0.15, -0.1) is 0 Å². The van der Waals surface area contributed by atoms with Crippen LogP contribution in [0.4, 0.5) is 0 Å². The number of aliphatic hydroxyl groups is 1. The molecule has 0 bridgehead atoms. The van der Waals surface area contributed by atoms with Gasteiger partial charge in [0.25, 0.3) is 0 Å². The van der Waals surface area contributed by atoms with Crippen LogP contribution < -0.4 is 5.32 Å². The average molecular weight is 171 g/mol. The largest absolute Gasteiger partial charge is 0.394 e. The molecule has 0 aliphatic heterocycles. The molecule has 1 saturated carbocycles. The zero-order valence-electron chi connectivity index (χ0n) is 8.27. The predicted octanol–water partition coefficient (Wildman–Crippen LogP) is 1.54. The summed E-state index contributed by atoms with van der Waals surface area (Å²) in [6.45, 7) is 5.67. The Labute approximate surface area is 75.4 Å². The molecule has 0 heterocycles. The van der Waals surface area contributed by atoms with Crippen molar-refractivity contribution >= 4 is 0 Å². The van der Waals surface area contributed by atoms with Gasteiger partial charge in [0.15, 0.2) is 0 Å². The summed E-state index contributed by atoms with van der Waals surface area (Å²) in [6, 6.07) is 0. The standard InChI is InChI=1S/C10H21NO/c1-3-11-10(8-12)6-4-9(2)5-7-10/h9,11-12H,3-8H2,1-2H3. The molecule has 1 rings (SSSR count). The molecule has 0 aromatic heterocycles. The number of likely N-dealkylation sites (N-methyl/N-ethyl adjacent to an activating group) is 1. The molecule has 0 saturated heterocycles. The van der Waals surface area contributed by atoms with Gasteiger partial charge in [-0.05, 0) is 38.1 Å². The lowest BCUT2D eigenvalue weighted by Gasteiger charge is -2.38. The fraction of sp³-hybridized carbons (Fsp3) is 1.00. The van der Waals surface area contributed by atoms with Crippen molar-refractivity contribution in [1.82, 2.24) is 5.32 Å². The molecule has 1 aliphatic rings. The number of nitrogens with one attached hydrogen (secondary N) is 1. The molecule has 1 fully saturated rings. The van der Waals surface area contributed by atoms with Gasteiger partial charge in [-0.3, -0.25) is 0 Å². The molecule has 0 amide bonds. The van der Waals surface area contributed by atoms with Crippen LogP contribution in [0, 0.1) is 5.92 Å². The highest BCUT2D eigenvalue weighted by atomic mass is 16.3. The first kappa shape index (κ1) is 10.0. The fourth-order valence-electron chi connectivity index (χ4n) is 2.08. The van der Waals surface area contributed by atoms with E-state index in [0.29, 0.717) is 6.61 Å². The summed E-state index contributed by atoms with van der Waals surface area (Å²) in [4.78, 5) is 0. The molecule has 1 aliphatic carbocycles. The Bertz CT molecular complexity index is 128. The quantitative estimate of drug-likeness (QED) is 0.675. The molecule has 12 heavy (non-hydrogen) atoms. The van der Waals surface area contributed by atoms with Gasteiger partial charge in [0.1, 0.15) is 0 Å². The van der Waals surface area contributed by atoms with Crippen molar-refractivity contribution in [3.8, 4) is 0 Å². The Morgan fingerprint density at radius 1 is 1.42 bits per heavy atom. The molecule has 72 valence electrons. The molecule has 0 atom stereocenters. The zero-order valence-corrected chi connectivity index (χ0v) is 8.27. The van der Waals surface area contributed by atoms with Gasteiger partial charge >= 0.3 is 0 Å². The van der Waals surface area contributed by atoms with Crippen molar-refractivity contribution in [1.29, 1.82) is 0 Å². The minimum absolute atomic E-state index is 0.0568. The zero-order chi connectivity index (χ0) is 9.03. The number of rotatable bonds is 3. The van der Waals surface area contributed by atoms with Crippen LogP contribution in [0.25, 0.3) is 0 Å². The molecule has 0 radical (unpaired) electrons. The maximum atomic E-state index is 9.30. The van der Waals surface area contributed by atoms with Crippen molar-refractivity contribution in [2.24, 2.45) is 5.92 Å². The van der Waals surface area contributed by atoms with Gasteiger partial charge in [0.2, 0.25) is 0 Å². The van der Waals surface area contributed by atoms with E-state index in [-0.39, 0.29) is 5.54 Å². The lowest BCUT2D eigenvalue weighted by atomic mass is 9.77. The maximum absolute atomic E-state index is 9.30. The third kappa shape index (κ3) is 2.20. The van der Waals surface area contributed by atoms with E-state index in [1.165, 1.54) is 12.8 Å². The van der Waals surface area contributed by atoms with Gasteiger partial charge in [0, 0.05) is 5.54 Å². The number of hydrogen-bond acceptors (Lipinski definition) is 2. The Morgan fingerprint density at radius 2 is 2.00 bits per heavy atom. The molecular formula is C10H21NO. The van der Waals surface area contributed by atoms with Gasteiger partial charge < -0.3 is 10.4 Å². The second-order valence-corrected chi connectivity index (χ2v) is 4.15. The second-order valence-electron chi connectivity index (χ2n) is 4.15. The normalized spacial score (nSPS) is 36.8. The van der Waals surface area contributed by atoms with Crippen molar-refractivity contribution in [3.63, 3.8) is 0 Å². The van der Waals surface area contributed by atoms with Crippen LogP contribution >= 0.6 is 0 Å². The van der Waals surface area contributed by atoms with Crippen LogP contribution in [0.5, 0.6) is 0 Å². The first-order valence-electron chi connectivity index (χ1n) is 5.08. The number of hydrogen-bond donors (Lipinski definition) is 2. The first-order chi connectivity index (χ1) is 5.72. The van der Waals surface area contributed by atoms with Crippen LogP contribution in [0.15, 0.2) is 0 Å². The second kappa shape index (κ2) is 4.24. The Balaban J connectivity index is 2.45. The molecule has 2 N–H and O–H groups in total. The summed E-state index contributed by atoms with van der Waals surface area (Å²) >= 11 is 0. The van der Waals surface area contributed by atoms with E-state index in [1.807, 2.05) is 0 Å². The van der Waals surface area contributed by atoms with E-state index in [9.17, 15) is 5.11 Å². The topological polar surface area (TPSA) is 32.3 Å². The molecular weight excluding hydrogens is 150 g/mol. The van der Waals surface area contributed by atoms with Crippen LogP contribution in [0.1, 0.15) is 39.5 Å². The van der Waals surface area contributed by atoms with Gasteiger partial charge in [-0.2, -0.15) is 0 Å². The minimum Gasteiger partial charge on any atom is -0.394 e. The summed E-state index contributed by atoms with van der Waals surface area (Å²) in [6.07, 6.45) is 4.79. The third-order valence-electron chi connectivity index (χ3n) is 3.09. The summed E-state index contributed by atoms with van der Waals surface area (Å²) in [5, 5.41) is 12.7. The average Bonchev–Trinajstić information content (AvgIpc) is 2.10. The maximum Gasteiger partial charge on any atom is 0.0613 e. The lowest BCUT2D eigenvalue weighted by Crippen LogP contribution is -2.50. The van der Waals surface area contributed by atoms with Crippen LogP contribution in [-0.4, -0.2) is 23.8 Å². The Hall–Kier alpha value is -0.0800. The molecule has 0 unspecified atom stereocenters. The van der Waals surface area contributed by atoms with Crippen molar-refractivity contribution in [3.05, 3.63) is 0 Å². The van der Waals surface area contributed by atoms with Gasteiger partial charge in [0.05, 0.1) is 6.61 Å². The molecule has 0 aromatic carbocycles. The summed E-state index contributed by atoms with van der Waals surface area (Å²) in [7, 11) is 0. The predicted molar refractivity (Wildman–Crippen MR) is 51.1 cm³/mol. The fourth-order valence-corrected chi connectivity index (χ4v) is 2.08. The van der Waals surface area contributed by atoms with E-state index >= 15 is 0 Å². The van der Waals surface area contributed by atoms with Gasteiger partial charge in [-0.1, -0.05) is 13.8 Å². The van der Waals surface area contributed by atoms with Crippen LogP contribution in [0.2, 0.25) is 0 Å². The SMILES string of the molecule is CCNC1(CO)CCC(C)CC1. The van der Waals surface area contributed by atoms with Crippen molar-refractivity contribution < 1.29 is 5.11 Å². The first-order valence-corrected chi connectivity index (χ1v) is 5.08. The Kier molecular flexibility index (Phi) is 3.53. The van der Waals surface area contributed by atoms with E-state index in [2.05, 4.69) is 19.2 Å². The van der Waals surface area contributed by atoms with Crippen LogP contribution in [-0.2, 0) is 0 Å². The molecule has 2 nitrogen and oxygen atoms in total. The summed E-state index contributed by atoms with van der Waals surface area (Å²) in [5.41, 5.74) is 0.0568. The Morgan fingerprint density at radius 3 is 2.42 bits per heavy atom. The van der Waals surface area contributed by atoms with Crippen molar-refractivity contribution in [2.45, 2.75) is 45.1 Å². The minimum atomic E-state index is 0.0568. The monoisotopic (exact) mass is 171 g/mol. The summed E-state index contributed by atoms with van der Waals surface area (Å²) < 4.78 is 0. The van der Waals surface area contributed by atoms with Crippen molar-refractivity contribution in [2.75, 3.05) is 13.2 Å². The van der Waals surface area contributed by atoms with E-state index < -0.39 is 0 Å². The lowest BCUT2D eigenvalue weighted by molar-refractivity contribution is 0.107. The highest BCUT2D eigenvalue weighted by molar-refractivity contribution is 4.91. The smallest absolute Gasteiger partial charge is 0.0613 e. The van der Waals surface area contributed by atoms with E-state index in [4.69, 9.17) is 0 Å². The third-order valence-corrected chi connectivity index (χ3v) is 3.09. The highest BCUT2D eigenvalue weighted by Crippen LogP contribution is 2.31. The van der Waals surface area contributed by atoms with E-state index in [1.54, 1.807) is 0 Å².